The van der Waals surface area contributed by atoms with E-state index < -0.39 is 0 Å². The van der Waals surface area contributed by atoms with E-state index in [-0.39, 0.29) is 0 Å². The summed E-state index contributed by atoms with van der Waals surface area (Å²) in [7, 11) is 1.95. The third-order valence-corrected chi connectivity index (χ3v) is 4.38. The number of fused-ring (bicyclic) bond motifs is 1. The Kier molecular flexibility index (Phi) is 4.12. The fourth-order valence-corrected chi connectivity index (χ4v) is 3.04. The molecule has 26 heavy (non-hydrogen) atoms. The van der Waals surface area contributed by atoms with Crippen molar-refractivity contribution in [3.63, 3.8) is 0 Å². The first-order valence-electron chi connectivity index (χ1n) is 8.57. The van der Waals surface area contributed by atoms with E-state index in [1.165, 1.54) is 0 Å². The van der Waals surface area contributed by atoms with Crippen LogP contribution < -0.4 is 5.32 Å². The minimum atomic E-state index is 0.613. The van der Waals surface area contributed by atoms with Crippen molar-refractivity contribution in [3.05, 3.63) is 65.6 Å². The van der Waals surface area contributed by atoms with Gasteiger partial charge >= 0.3 is 0 Å². The van der Waals surface area contributed by atoms with Gasteiger partial charge in [-0.05, 0) is 38.1 Å². The number of nitrogens with zero attached hydrogens (tertiary/aromatic N) is 6. The van der Waals surface area contributed by atoms with Crippen LogP contribution in [0.1, 0.15) is 22.9 Å². The molecular formula is C19H21N7. The maximum absolute atomic E-state index is 4.62. The van der Waals surface area contributed by atoms with Crippen molar-refractivity contribution in [3.8, 4) is 0 Å². The second kappa shape index (κ2) is 6.59. The summed E-state index contributed by atoms with van der Waals surface area (Å²) < 4.78 is 4.00. The Morgan fingerprint density at radius 1 is 1.08 bits per heavy atom. The number of aromatic nitrogens is 6. The first-order valence-corrected chi connectivity index (χ1v) is 8.57. The highest BCUT2D eigenvalue weighted by atomic mass is 15.3. The van der Waals surface area contributed by atoms with Gasteiger partial charge in [0.25, 0.3) is 0 Å². The lowest BCUT2D eigenvalue weighted by Crippen LogP contribution is -2.08. The van der Waals surface area contributed by atoms with E-state index in [0.29, 0.717) is 13.1 Å². The van der Waals surface area contributed by atoms with Crippen LogP contribution in [-0.4, -0.2) is 29.3 Å². The lowest BCUT2D eigenvalue weighted by molar-refractivity contribution is 0.723. The Hall–Kier alpha value is -3.22. The fourth-order valence-electron chi connectivity index (χ4n) is 3.04. The Morgan fingerprint density at radius 2 is 1.96 bits per heavy atom. The van der Waals surface area contributed by atoms with Gasteiger partial charge < -0.3 is 9.88 Å². The van der Waals surface area contributed by atoms with Crippen molar-refractivity contribution >= 4 is 16.9 Å². The third-order valence-electron chi connectivity index (χ3n) is 4.38. The van der Waals surface area contributed by atoms with Gasteiger partial charge in [-0.3, -0.25) is 9.67 Å². The number of rotatable bonds is 5. The molecule has 7 nitrogen and oxygen atoms in total. The Morgan fingerprint density at radius 3 is 2.69 bits per heavy atom. The first-order chi connectivity index (χ1) is 12.6. The van der Waals surface area contributed by atoms with E-state index in [1.807, 2.05) is 62.2 Å². The molecule has 132 valence electrons. The Bertz CT molecular complexity index is 1030. The zero-order chi connectivity index (χ0) is 18.1. The second-order valence-electron chi connectivity index (χ2n) is 6.37. The second-order valence-corrected chi connectivity index (χ2v) is 6.37. The molecule has 4 aromatic heterocycles. The van der Waals surface area contributed by atoms with Crippen molar-refractivity contribution in [2.24, 2.45) is 7.05 Å². The smallest absolute Gasteiger partial charge is 0.154 e. The van der Waals surface area contributed by atoms with Crippen LogP contribution in [0.2, 0.25) is 0 Å². The van der Waals surface area contributed by atoms with Gasteiger partial charge in [0.1, 0.15) is 11.3 Å². The molecule has 0 aliphatic heterocycles. The first kappa shape index (κ1) is 16.3. The van der Waals surface area contributed by atoms with Crippen LogP contribution in [0.4, 0.5) is 5.82 Å². The predicted molar refractivity (Wildman–Crippen MR) is 101 cm³/mol. The molecule has 0 aromatic carbocycles. The summed E-state index contributed by atoms with van der Waals surface area (Å²) in [6.07, 6.45) is 3.84. The van der Waals surface area contributed by atoms with Crippen LogP contribution in [0.5, 0.6) is 0 Å². The average Bonchev–Trinajstić information content (AvgIpc) is 3.17. The van der Waals surface area contributed by atoms with Crippen molar-refractivity contribution in [1.82, 2.24) is 29.3 Å². The van der Waals surface area contributed by atoms with Gasteiger partial charge in [0.2, 0.25) is 0 Å². The summed E-state index contributed by atoms with van der Waals surface area (Å²) in [6.45, 7) is 5.24. The number of nitrogens with one attached hydrogen (secondary N) is 1. The summed E-state index contributed by atoms with van der Waals surface area (Å²) >= 11 is 0. The van der Waals surface area contributed by atoms with Gasteiger partial charge in [-0.1, -0.05) is 6.07 Å². The highest BCUT2D eigenvalue weighted by Gasteiger charge is 2.12. The molecule has 0 bridgehead atoms. The minimum Gasteiger partial charge on any atom is -0.362 e. The van der Waals surface area contributed by atoms with Crippen LogP contribution in [0.3, 0.4) is 0 Å². The molecule has 0 atom stereocenters. The molecule has 0 spiro atoms. The van der Waals surface area contributed by atoms with E-state index in [1.54, 1.807) is 0 Å². The molecule has 4 rings (SSSR count). The number of hydrogen-bond donors (Lipinski definition) is 1. The molecule has 0 fully saturated rings. The van der Waals surface area contributed by atoms with Crippen LogP contribution in [-0.2, 0) is 20.1 Å². The van der Waals surface area contributed by atoms with Gasteiger partial charge in [-0.15, -0.1) is 0 Å². The zero-order valence-corrected chi connectivity index (χ0v) is 15.1. The summed E-state index contributed by atoms with van der Waals surface area (Å²) in [5.74, 6) is 1.56. The number of pyridine rings is 1. The summed E-state index contributed by atoms with van der Waals surface area (Å²) in [6, 6.07) is 10.0. The van der Waals surface area contributed by atoms with Crippen molar-refractivity contribution in [1.29, 1.82) is 0 Å². The van der Waals surface area contributed by atoms with Crippen molar-refractivity contribution in [2.45, 2.75) is 26.9 Å². The molecule has 4 heterocycles. The van der Waals surface area contributed by atoms with Crippen LogP contribution >= 0.6 is 0 Å². The van der Waals surface area contributed by atoms with Crippen LogP contribution in [0, 0.1) is 13.8 Å². The molecule has 0 unspecified atom stereocenters. The topological polar surface area (TPSA) is 73.5 Å². The monoisotopic (exact) mass is 347 g/mol. The summed E-state index contributed by atoms with van der Waals surface area (Å²) in [5, 5.41) is 7.93. The zero-order valence-electron chi connectivity index (χ0n) is 15.1. The number of aryl methyl sites for hydroxylation is 3. The molecule has 4 aromatic rings. The summed E-state index contributed by atoms with van der Waals surface area (Å²) in [4.78, 5) is 13.6. The van der Waals surface area contributed by atoms with E-state index in [0.717, 1.165) is 39.8 Å². The number of anilines is 1. The fraction of sp³-hybridized carbons (Fsp3) is 0.263. The SMILES string of the molecule is Cc1nc(NCc2cc(C)n(C)n2)c2c(ccn2Cc2ccccn2)n1. The van der Waals surface area contributed by atoms with E-state index >= 15 is 0 Å². The van der Waals surface area contributed by atoms with Gasteiger partial charge in [-0.2, -0.15) is 5.10 Å². The highest BCUT2D eigenvalue weighted by molar-refractivity contribution is 5.86. The van der Waals surface area contributed by atoms with Gasteiger partial charge in [0.15, 0.2) is 5.82 Å². The molecule has 0 amide bonds. The van der Waals surface area contributed by atoms with Gasteiger partial charge in [-0.25, -0.2) is 9.97 Å². The average molecular weight is 347 g/mol. The third kappa shape index (κ3) is 3.15. The molecule has 0 aliphatic rings. The van der Waals surface area contributed by atoms with Crippen molar-refractivity contribution in [2.75, 3.05) is 5.32 Å². The molecule has 0 saturated heterocycles. The van der Waals surface area contributed by atoms with Crippen LogP contribution in [0.15, 0.2) is 42.7 Å². The van der Waals surface area contributed by atoms with Gasteiger partial charge in [0.05, 0.1) is 30.0 Å². The molecule has 0 radical (unpaired) electrons. The Balaban J connectivity index is 1.67. The normalized spacial score (nSPS) is 11.2. The van der Waals surface area contributed by atoms with Gasteiger partial charge in [0, 0.05) is 25.1 Å². The maximum Gasteiger partial charge on any atom is 0.154 e. The number of hydrogen-bond acceptors (Lipinski definition) is 5. The molecule has 1 N–H and O–H groups in total. The Labute approximate surface area is 151 Å². The standard InChI is InChI=1S/C19H21N7/c1-13-10-16(24-25(13)3)11-21-19-18-17(22-14(2)23-19)7-9-26(18)12-15-6-4-5-8-20-15/h4-10H,11-12H2,1-3H3,(H,21,22,23). The largest absolute Gasteiger partial charge is 0.362 e. The quantitative estimate of drug-likeness (QED) is 0.601. The van der Waals surface area contributed by atoms with Crippen molar-refractivity contribution < 1.29 is 0 Å². The predicted octanol–water partition coefficient (Wildman–Crippen LogP) is 2.84. The molecule has 0 saturated carbocycles. The minimum absolute atomic E-state index is 0.613. The van der Waals surface area contributed by atoms with E-state index in [4.69, 9.17) is 0 Å². The van der Waals surface area contributed by atoms with E-state index in [2.05, 4.69) is 36.0 Å². The highest BCUT2D eigenvalue weighted by Crippen LogP contribution is 2.23. The molecule has 0 aliphatic carbocycles. The maximum atomic E-state index is 4.62. The lowest BCUT2D eigenvalue weighted by atomic mass is 10.3. The lowest BCUT2D eigenvalue weighted by Gasteiger charge is -2.11. The molecular weight excluding hydrogens is 326 g/mol. The molecule has 7 heteroatoms. The summed E-state index contributed by atoms with van der Waals surface area (Å²) in [5.41, 5.74) is 5.01. The van der Waals surface area contributed by atoms with E-state index in [9.17, 15) is 0 Å². The van der Waals surface area contributed by atoms with Crippen LogP contribution in [0.25, 0.3) is 11.0 Å².